The molecule has 0 fully saturated rings. The highest BCUT2D eigenvalue weighted by Crippen LogP contribution is 2.32. The van der Waals surface area contributed by atoms with E-state index in [9.17, 15) is 4.79 Å². The summed E-state index contributed by atoms with van der Waals surface area (Å²) >= 11 is 0. The summed E-state index contributed by atoms with van der Waals surface area (Å²) in [5.41, 5.74) is 3.97. The van der Waals surface area contributed by atoms with Gasteiger partial charge in [-0.25, -0.2) is 4.40 Å². The Morgan fingerprint density at radius 3 is 2.60 bits per heavy atom. The third kappa shape index (κ3) is 1.52. The molecule has 5 nitrogen and oxygen atoms in total. The predicted octanol–water partition coefficient (Wildman–Crippen LogP) is 4.23. The smallest absolute Gasteiger partial charge is 0.310 e. The van der Waals surface area contributed by atoms with Crippen LogP contribution in [-0.2, 0) is 0 Å². The standard InChI is InChI=1S/C20H11N3O2/c24-19-12-6-2-4-8-16(12)25-20-22-15-10-9-14-17(18(15)23(19)20)11-5-1-3-7-13(11)21-14/h1-10,21H. The highest BCUT2D eigenvalue weighted by molar-refractivity contribution is 6.19. The fraction of sp³-hybridized carbons (Fsp3) is 0. The third-order valence-electron chi connectivity index (χ3n) is 4.78. The predicted molar refractivity (Wildman–Crippen MR) is 98.1 cm³/mol. The van der Waals surface area contributed by atoms with Gasteiger partial charge in [0.15, 0.2) is 0 Å². The largest absolute Gasteiger partial charge is 0.424 e. The molecule has 6 rings (SSSR count). The van der Waals surface area contributed by atoms with Crippen LogP contribution in [0.25, 0.3) is 49.7 Å². The van der Waals surface area contributed by atoms with Gasteiger partial charge in [0.05, 0.1) is 16.4 Å². The molecular weight excluding hydrogens is 314 g/mol. The van der Waals surface area contributed by atoms with E-state index < -0.39 is 0 Å². The molecule has 0 saturated carbocycles. The van der Waals surface area contributed by atoms with E-state index in [-0.39, 0.29) is 5.56 Å². The summed E-state index contributed by atoms with van der Waals surface area (Å²) < 4.78 is 7.47. The summed E-state index contributed by atoms with van der Waals surface area (Å²) in [4.78, 5) is 21.1. The first-order valence-electron chi connectivity index (χ1n) is 8.05. The second-order valence-electron chi connectivity index (χ2n) is 6.16. The Hall–Kier alpha value is -3.60. The van der Waals surface area contributed by atoms with Crippen molar-refractivity contribution in [3.8, 4) is 0 Å². The molecule has 0 atom stereocenters. The monoisotopic (exact) mass is 325 g/mol. The average molecular weight is 325 g/mol. The van der Waals surface area contributed by atoms with Gasteiger partial charge in [0.25, 0.3) is 5.56 Å². The number of aromatic nitrogens is 3. The van der Waals surface area contributed by atoms with Gasteiger partial charge in [-0.3, -0.25) is 4.79 Å². The van der Waals surface area contributed by atoms with Gasteiger partial charge in [-0.2, -0.15) is 4.98 Å². The van der Waals surface area contributed by atoms with Crippen LogP contribution in [0.1, 0.15) is 0 Å². The molecule has 5 heteroatoms. The van der Waals surface area contributed by atoms with Crippen molar-refractivity contribution in [3.05, 3.63) is 71.0 Å². The van der Waals surface area contributed by atoms with Crippen LogP contribution in [0.4, 0.5) is 0 Å². The van der Waals surface area contributed by atoms with Crippen molar-refractivity contribution in [1.29, 1.82) is 0 Å². The number of imidazole rings is 1. The molecule has 3 heterocycles. The minimum Gasteiger partial charge on any atom is -0.424 e. The Labute approximate surface area is 140 Å². The molecule has 0 bridgehead atoms. The number of fused-ring (bicyclic) bond motifs is 8. The lowest BCUT2D eigenvalue weighted by atomic mass is 10.1. The van der Waals surface area contributed by atoms with Gasteiger partial charge in [-0.15, -0.1) is 0 Å². The van der Waals surface area contributed by atoms with Gasteiger partial charge in [0.2, 0.25) is 0 Å². The van der Waals surface area contributed by atoms with Crippen LogP contribution in [-0.4, -0.2) is 14.4 Å². The molecule has 0 radical (unpaired) electrons. The topological polar surface area (TPSA) is 63.3 Å². The third-order valence-corrected chi connectivity index (χ3v) is 4.78. The van der Waals surface area contributed by atoms with Crippen LogP contribution < -0.4 is 5.56 Å². The minimum absolute atomic E-state index is 0.114. The fourth-order valence-corrected chi connectivity index (χ4v) is 3.69. The maximum absolute atomic E-state index is 13.1. The Morgan fingerprint density at radius 1 is 0.880 bits per heavy atom. The highest BCUT2D eigenvalue weighted by Gasteiger charge is 2.17. The van der Waals surface area contributed by atoms with Crippen molar-refractivity contribution in [3.63, 3.8) is 0 Å². The van der Waals surface area contributed by atoms with E-state index in [4.69, 9.17) is 4.42 Å². The van der Waals surface area contributed by atoms with Crippen molar-refractivity contribution in [2.75, 3.05) is 0 Å². The number of hydrogen-bond donors (Lipinski definition) is 1. The maximum Gasteiger partial charge on any atom is 0.310 e. The van der Waals surface area contributed by atoms with Gasteiger partial charge in [-0.1, -0.05) is 30.3 Å². The molecule has 3 aromatic heterocycles. The second kappa shape index (κ2) is 4.27. The number of nitrogens with one attached hydrogen (secondary N) is 1. The van der Waals surface area contributed by atoms with E-state index in [2.05, 4.69) is 16.0 Å². The summed E-state index contributed by atoms with van der Waals surface area (Å²) in [5, 5.41) is 2.60. The lowest BCUT2D eigenvalue weighted by Gasteiger charge is -2.00. The molecule has 0 saturated heterocycles. The molecule has 118 valence electrons. The van der Waals surface area contributed by atoms with Crippen molar-refractivity contribution in [1.82, 2.24) is 14.4 Å². The molecule has 1 N–H and O–H groups in total. The van der Waals surface area contributed by atoms with Crippen molar-refractivity contribution < 1.29 is 4.42 Å². The molecule has 0 unspecified atom stereocenters. The molecule has 25 heavy (non-hydrogen) atoms. The summed E-state index contributed by atoms with van der Waals surface area (Å²) in [5.74, 6) is 0.316. The number of para-hydroxylation sites is 2. The maximum atomic E-state index is 13.1. The summed E-state index contributed by atoms with van der Waals surface area (Å²) in [6.45, 7) is 0. The average Bonchev–Trinajstić information content (AvgIpc) is 3.19. The Kier molecular flexibility index (Phi) is 2.18. The van der Waals surface area contributed by atoms with E-state index >= 15 is 0 Å². The van der Waals surface area contributed by atoms with Crippen LogP contribution in [0.15, 0.2) is 69.9 Å². The van der Waals surface area contributed by atoms with Gasteiger partial charge >= 0.3 is 5.84 Å². The zero-order valence-corrected chi connectivity index (χ0v) is 13.0. The van der Waals surface area contributed by atoms with Crippen LogP contribution in [0.2, 0.25) is 0 Å². The van der Waals surface area contributed by atoms with Gasteiger partial charge in [0.1, 0.15) is 5.58 Å². The first kappa shape index (κ1) is 12.8. The Bertz CT molecular complexity index is 1520. The Balaban J connectivity index is 1.99. The summed E-state index contributed by atoms with van der Waals surface area (Å²) in [6, 6.07) is 19.2. The number of rotatable bonds is 0. The first-order chi connectivity index (χ1) is 12.3. The highest BCUT2D eigenvalue weighted by atomic mass is 16.3. The summed E-state index contributed by atoms with van der Waals surface area (Å²) in [7, 11) is 0. The molecule has 0 aliphatic heterocycles. The fourth-order valence-electron chi connectivity index (χ4n) is 3.69. The van der Waals surface area contributed by atoms with Crippen LogP contribution >= 0.6 is 0 Å². The lowest BCUT2D eigenvalue weighted by Crippen LogP contribution is -2.12. The lowest BCUT2D eigenvalue weighted by molar-refractivity contribution is 0.616. The van der Waals surface area contributed by atoms with E-state index in [0.717, 1.165) is 32.8 Å². The minimum atomic E-state index is -0.114. The van der Waals surface area contributed by atoms with Crippen molar-refractivity contribution in [2.24, 2.45) is 0 Å². The molecule has 6 aromatic rings. The van der Waals surface area contributed by atoms with Crippen LogP contribution in [0.3, 0.4) is 0 Å². The second-order valence-corrected chi connectivity index (χ2v) is 6.16. The van der Waals surface area contributed by atoms with Gasteiger partial charge < -0.3 is 9.40 Å². The van der Waals surface area contributed by atoms with E-state index in [1.165, 1.54) is 0 Å². The zero-order valence-electron chi connectivity index (χ0n) is 13.0. The molecular formula is C20H11N3O2. The van der Waals surface area contributed by atoms with Gasteiger partial charge in [-0.05, 0) is 30.3 Å². The van der Waals surface area contributed by atoms with Crippen molar-refractivity contribution in [2.45, 2.75) is 0 Å². The quantitative estimate of drug-likeness (QED) is 0.454. The molecule has 0 spiro atoms. The normalized spacial score (nSPS) is 12.2. The molecule has 0 aliphatic rings. The first-order valence-corrected chi connectivity index (χ1v) is 8.05. The SMILES string of the molecule is O=c1c2ccccc2oc2nc3ccc4[nH]c5ccccc5c4c3n12. The van der Waals surface area contributed by atoms with Crippen molar-refractivity contribution >= 4 is 49.7 Å². The van der Waals surface area contributed by atoms with Gasteiger partial charge in [0, 0.05) is 21.8 Å². The van der Waals surface area contributed by atoms with E-state index in [1.54, 1.807) is 16.5 Å². The van der Waals surface area contributed by atoms with Crippen LogP contribution in [0.5, 0.6) is 0 Å². The van der Waals surface area contributed by atoms with E-state index in [0.29, 0.717) is 16.8 Å². The number of nitrogens with zero attached hydrogens (tertiary/aromatic N) is 2. The zero-order chi connectivity index (χ0) is 16.5. The molecule has 0 aliphatic carbocycles. The molecule has 0 amide bonds. The molecule has 3 aromatic carbocycles. The number of hydrogen-bond acceptors (Lipinski definition) is 3. The van der Waals surface area contributed by atoms with Crippen LogP contribution in [0, 0.1) is 0 Å². The number of H-pyrrole nitrogens is 1. The van der Waals surface area contributed by atoms with E-state index in [1.807, 2.05) is 42.5 Å². The number of benzene rings is 3. The summed E-state index contributed by atoms with van der Waals surface area (Å²) in [6.07, 6.45) is 0. The Morgan fingerprint density at radius 2 is 1.68 bits per heavy atom. The number of aromatic amines is 1.